The molecule has 0 saturated carbocycles. The Bertz CT molecular complexity index is 991. The molecule has 2 N–H and O–H groups in total. The number of hydrogen-bond donors (Lipinski definition) is 2. The number of nitrogens with zero attached hydrogens (tertiary/aromatic N) is 1. The molecule has 1 fully saturated rings. The number of carboxylic acid groups (broad SMARTS) is 1. The standard InChI is InChI=1S/C26H30N2O5/c1-17(10-11-24(29)28-13-12-18(15-28)25(30)31)14-27-26(32)33-16-23-21-8-4-2-6-19(21)20-7-3-5-9-22(20)23/h2-9,17-18,23H,10-16H2,1H3,(H,27,32)(H,30,31). The molecule has 2 unspecified atom stereocenters. The Morgan fingerprint density at radius 2 is 1.73 bits per heavy atom. The van der Waals surface area contributed by atoms with Crippen molar-refractivity contribution in [2.75, 3.05) is 26.2 Å². The van der Waals surface area contributed by atoms with Gasteiger partial charge in [-0.3, -0.25) is 9.59 Å². The van der Waals surface area contributed by atoms with Gasteiger partial charge in [-0.1, -0.05) is 55.5 Å². The number of fused-ring (bicyclic) bond motifs is 3. The Balaban J connectivity index is 1.20. The van der Waals surface area contributed by atoms with Gasteiger partial charge in [0.1, 0.15) is 6.61 Å². The van der Waals surface area contributed by atoms with Gasteiger partial charge in [-0.15, -0.1) is 0 Å². The number of likely N-dealkylation sites (tertiary alicyclic amines) is 1. The van der Waals surface area contributed by atoms with Crippen molar-refractivity contribution in [3.63, 3.8) is 0 Å². The van der Waals surface area contributed by atoms with Gasteiger partial charge in [-0.2, -0.15) is 0 Å². The van der Waals surface area contributed by atoms with Crippen molar-refractivity contribution in [2.45, 2.75) is 32.1 Å². The first-order valence-electron chi connectivity index (χ1n) is 11.5. The normalized spacial score (nSPS) is 17.8. The quantitative estimate of drug-likeness (QED) is 0.636. The molecule has 33 heavy (non-hydrogen) atoms. The minimum absolute atomic E-state index is 0.0215. The summed E-state index contributed by atoms with van der Waals surface area (Å²) < 4.78 is 5.55. The maximum atomic E-state index is 12.3. The zero-order valence-corrected chi connectivity index (χ0v) is 18.8. The van der Waals surface area contributed by atoms with Crippen molar-refractivity contribution in [3.8, 4) is 11.1 Å². The summed E-state index contributed by atoms with van der Waals surface area (Å²) in [5.74, 6) is -1.19. The molecule has 7 nitrogen and oxygen atoms in total. The van der Waals surface area contributed by atoms with E-state index in [1.54, 1.807) is 4.90 Å². The Labute approximate surface area is 193 Å². The first-order valence-corrected chi connectivity index (χ1v) is 11.5. The van der Waals surface area contributed by atoms with Crippen LogP contribution in [-0.4, -0.2) is 54.2 Å². The highest BCUT2D eigenvalue weighted by atomic mass is 16.5. The highest BCUT2D eigenvalue weighted by molar-refractivity contribution is 5.79. The number of nitrogens with one attached hydrogen (secondary N) is 1. The number of amides is 2. The fourth-order valence-electron chi connectivity index (χ4n) is 4.73. The number of carboxylic acids is 1. The molecule has 1 saturated heterocycles. The molecule has 1 aliphatic heterocycles. The maximum Gasteiger partial charge on any atom is 0.407 e. The summed E-state index contributed by atoms with van der Waals surface area (Å²) in [5, 5.41) is 11.9. The molecule has 2 amide bonds. The van der Waals surface area contributed by atoms with Crippen LogP contribution in [0.1, 0.15) is 43.2 Å². The van der Waals surface area contributed by atoms with Crippen molar-refractivity contribution in [1.29, 1.82) is 0 Å². The summed E-state index contributed by atoms with van der Waals surface area (Å²) >= 11 is 0. The van der Waals surface area contributed by atoms with E-state index in [9.17, 15) is 14.4 Å². The highest BCUT2D eigenvalue weighted by Crippen LogP contribution is 2.44. The number of hydrogen-bond acceptors (Lipinski definition) is 4. The second-order valence-electron chi connectivity index (χ2n) is 9.01. The fourth-order valence-corrected chi connectivity index (χ4v) is 4.73. The number of benzene rings is 2. The minimum Gasteiger partial charge on any atom is -0.481 e. The molecule has 0 spiro atoms. The number of ether oxygens (including phenoxy) is 1. The van der Waals surface area contributed by atoms with E-state index in [-0.39, 0.29) is 24.3 Å². The Hall–Kier alpha value is -3.35. The van der Waals surface area contributed by atoms with E-state index in [4.69, 9.17) is 9.84 Å². The van der Waals surface area contributed by atoms with Crippen LogP contribution < -0.4 is 5.32 Å². The van der Waals surface area contributed by atoms with Crippen LogP contribution in [0.3, 0.4) is 0 Å². The monoisotopic (exact) mass is 450 g/mol. The lowest BCUT2D eigenvalue weighted by Crippen LogP contribution is -2.32. The van der Waals surface area contributed by atoms with Crippen LogP contribution in [0.4, 0.5) is 4.79 Å². The summed E-state index contributed by atoms with van der Waals surface area (Å²) in [4.78, 5) is 37.3. The third-order valence-electron chi connectivity index (χ3n) is 6.68. The SMILES string of the molecule is CC(CCC(=O)N1CCC(C(=O)O)C1)CNC(=O)OCC1c2ccccc2-c2ccccc21. The number of aliphatic carboxylic acids is 1. The molecular formula is C26H30N2O5. The smallest absolute Gasteiger partial charge is 0.407 e. The molecule has 2 atom stereocenters. The van der Waals surface area contributed by atoms with Crippen LogP contribution in [0.25, 0.3) is 11.1 Å². The Kier molecular flexibility index (Phi) is 6.96. The molecule has 2 aromatic carbocycles. The molecular weight excluding hydrogens is 420 g/mol. The van der Waals surface area contributed by atoms with E-state index in [0.717, 1.165) is 0 Å². The summed E-state index contributed by atoms with van der Waals surface area (Å²) in [5.41, 5.74) is 4.72. The molecule has 0 bridgehead atoms. The number of carbonyl (C=O) groups excluding carboxylic acids is 2. The van der Waals surface area contributed by atoms with Crippen molar-refractivity contribution in [2.24, 2.45) is 11.8 Å². The summed E-state index contributed by atoms with van der Waals surface area (Å²) in [6.07, 6.45) is 1.02. The van der Waals surface area contributed by atoms with Crippen LogP contribution in [-0.2, 0) is 14.3 Å². The van der Waals surface area contributed by atoms with Crippen molar-refractivity contribution in [1.82, 2.24) is 10.2 Å². The molecule has 2 aliphatic rings. The topological polar surface area (TPSA) is 95.9 Å². The molecule has 1 aliphatic carbocycles. The molecule has 1 heterocycles. The summed E-state index contributed by atoms with van der Waals surface area (Å²) in [6, 6.07) is 16.4. The zero-order valence-electron chi connectivity index (χ0n) is 18.8. The van der Waals surface area contributed by atoms with Gasteiger partial charge in [0.2, 0.25) is 5.91 Å². The fraction of sp³-hybridized carbons (Fsp3) is 0.423. The summed E-state index contributed by atoms with van der Waals surface area (Å²) in [7, 11) is 0. The first kappa shape index (κ1) is 22.8. The molecule has 0 aromatic heterocycles. The van der Waals surface area contributed by atoms with Gasteiger partial charge in [0.15, 0.2) is 0 Å². The van der Waals surface area contributed by atoms with Crippen molar-refractivity contribution >= 4 is 18.0 Å². The average molecular weight is 451 g/mol. The van der Waals surface area contributed by atoms with Gasteiger partial charge in [0.05, 0.1) is 5.92 Å². The zero-order chi connectivity index (χ0) is 23.4. The molecule has 174 valence electrons. The van der Waals surface area contributed by atoms with Gasteiger partial charge < -0.3 is 20.1 Å². The molecule has 4 rings (SSSR count). The predicted octanol–water partition coefficient (Wildman–Crippen LogP) is 3.87. The van der Waals surface area contributed by atoms with E-state index in [1.807, 2.05) is 31.2 Å². The van der Waals surface area contributed by atoms with E-state index >= 15 is 0 Å². The lowest BCUT2D eigenvalue weighted by molar-refractivity contribution is -0.141. The van der Waals surface area contributed by atoms with Crippen LogP contribution in [0.2, 0.25) is 0 Å². The average Bonchev–Trinajstić information content (AvgIpc) is 3.44. The predicted molar refractivity (Wildman–Crippen MR) is 124 cm³/mol. The number of rotatable bonds is 8. The second kappa shape index (κ2) is 10.1. The summed E-state index contributed by atoms with van der Waals surface area (Å²) in [6.45, 7) is 3.46. The van der Waals surface area contributed by atoms with Gasteiger partial charge in [0.25, 0.3) is 0 Å². The van der Waals surface area contributed by atoms with Crippen molar-refractivity contribution < 1.29 is 24.2 Å². The lowest BCUT2D eigenvalue weighted by atomic mass is 9.98. The van der Waals surface area contributed by atoms with E-state index in [1.165, 1.54) is 22.3 Å². The second-order valence-corrected chi connectivity index (χ2v) is 9.01. The van der Waals surface area contributed by atoms with Crippen LogP contribution in [0, 0.1) is 11.8 Å². The van der Waals surface area contributed by atoms with Gasteiger partial charge in [-0.25, -0.2) is 4.79 Å². The van der Waals surface area contributed by atoms with Crippen LogP contribution >= 0.6 is 0 Å². The first-order chi connectivity index (χ1) is 15.9. The van der Waals surface area contributed by atoms with Gasteiger partial charge in [-0.05, 0) is 41.0 Å². The molecule has 7 heteroatoms. The largest absolute Gasteiger partial charge is 0.481 e. The highest BCUT2D eigenvalue weighted by Gasteiger charge is 2.31. The molecule has 2 aromatic rings. The van der Waals surface area contributed by atoms with E-state index < -0.39 is 18.0 Å². The Morgan fingerprint density at radius 3 is 2.33 bits per heavy atom. The van der Waals surface area contributed by atoms with Crippen LogP contribution in [0.5, 0.6) is 0 Å². The van der Waals surface area contributed by atoms with Gasteiger partial charge in [0, 0.05) is 32.0 Å². The van der Waals surface area contributed by atoms with Crippen molar-refractivity contribution in [3.05, 3.63) is 59.7 Å². The minimum atomic E-state index is -0.842. The molecule has 0 radical (unpaired) electrons. The third kappa shape index (κ3) is 5.18. The van der Waals surface area contributed by atoms with E-state index in [2.05, 4.69) is 29.6 Å². The van der Waals surface area contributed by atoms with Crippen LogP contribution in [0.15, 0.2) is 48.5 Å². The number of alkyl carbamates (subject to hydrolysis) is 1. The van der Waals surface area contributed by atoms with Gasteiger partial charge >= 0.3 is 12.1 Å². The maximum absolute atomic E-state index is 12.3. The Morgan fingerprint density at radius 1 is 1.09 bits per heavy atom. The lowest BCUT2D eigenvalue weighted by Gasteiger charge is -2.18. The third-order valence-corrected chi connectivity index (χ3v) is 6.68. The van der Waals surface area contributed by atoms with E-state index in [0.29, 0.717) is 38.9 Å². The number of carbonyl (C=O) groups is 3.